The number of aliphatic hydroxyl groups excluding tert-OH is 1. The quantitative estimate of drug-likeness (QED) is 0.707. The van der Waals surface area contributed by atoms with Gasteiger partial charge in [-0.3, -0.25) is 9.59 Å². The van der Waals surface area contributed by atoms with E-state index in [2.05, 4.69) is 20.8 Å². The predicted molar refractivity (Wildman–Crippen MR) is 117 cm³/mol. The van der Waals surface area contributed by atoms with Crippen molar-refractivity contribution in [1.29, 1.82) is 0 Å². The lowest BCUT2D eigenvalue weighted by molar-refractivity contribution is 0.0691. The summed E-state index contributed by atoms with van der Waals surface area (Å²) in [4.78, 5) is 28.2. The van der Waals surface area contributed by atoms with E-state index in [1.165, 1.54) is 10.5 Å². The lowest BCUT2D eigenvalue weighted by Gasteiger charge is -2.25. The molecule has 1 aliphatic heterocycles. The molecule has 0 aliphatic carbocycles. The Labute approximate surface area is 175 Å². The molecule has 0 spiro atoms. The van der Waals surface area contributed by atoms with E-state index >= 15 is 0 Å². The molecule has 30 heavy (non-hydrogen) atoms. The average Bonchev–Trinajstić information content (AvgIpc) is 2.94. The lowest BCUT2D eigenvalue weighted by Crippen LogP contribution is -2.32. The van der Waals surface area contributed by atoms with Crippen molar-refractivity contribution in [2.75, 3.05) is 13.2 Å². The van der Waals surface area contributed by atoms with E-state index in [9.17, 15) is 14.7 Å². The molecule has 156 valence electrons. The van der Waals surface area contributed by atoms with Gasteiger partial charge in [0, 0.05) is 6.54 Å². The lowest BCUT2D eigenvalue weighted by atomic mass is 9.86. The number of rotatable bonds is 3. The molecule has 3 aromatic rings. The Kier molecular flexibility index (Phi) is 4.82. The summed E-state index contributed by atoms with van der Waals surface area (Å²) in [7, 11) is 0. The number of hydrogen-bond donors (Lipinski definition) is 1. The number of fused-ring (bicyclic) bond motifs is 2. The van der Waals surface area contributed by atoms with E-state index in [-0.39, 0.29) is 35.7 Å². The SMILES string of the molecule is Cc1cc(C)c2c(=O)c3c(oc2c1)C(=O)N(CCO)C3c1ccc(C(C)(C)C)cc1. The Morgan fingerprint density at radius 3 is 2.33 bits per heavy atom. The maximum atomic E-state index is 13.6. The minimum Gasteiger partial charge on any atom is -0.450 e. The van der Waals surface area contributed by atoms with Crippen molar-refractivity contribution in [3.05, 3.63) is 80.2 Å². The van der Waals surface area contributed by atoms with Crippen molar-refractivity contribution in [3.8, 4) is 0 Å². The molecule has 0 fully saturated rings. The molecule has 0 radical (unpaired) electrons. The molecule has 1 atom stereocenters. The van der Waals surface area contributed by atoms with Crippen LogP contribution in [0.1, 0.15) is 65.2 Å². The second-order valence-corrected chi connectivity index (χ2v) is 9.13. The molecule has 5 heteroatoms. The van der Waals surface area contributed by atoms with Crippen molar-refractivity contribution in [3.63, 3.8) is 0 Å². The number of hydrogen-bond acceptors (Lipinski definition) is 4. The summed E-state index contributed by atoms with van der Waals surface area (Å²) in [6, 6.07) is 11.2. The largest absolute Gasteiger partial charge is 0.450 e. The molecule has 1 unspecified atom stereocenters. The van der Waals surface area contributed by atoms with Crippen LogP contribution in [0.25, 0.3) is 11.0 Å². The second kappa shape index (κ2) is 7.10. The van der Waals surface area contributed by atoms with Gasteiger partial charge in [-0.05, 0) is 47.6 Å². The number of benzene rings is 2. The Bertz CT molecular complexity index is 1200. The third-order valence-corrected chi connectivity index (χ3v) is 5.85. The Morgan fingerprint density at radius 2 is 1.73 bits per heavy atom. The van der Waals surface area contributed by atoms with E-state index in [0.717, 1.165) is 16.7 Å². The number of carbonyl (C=O) groups is 1. The van der Waals surface area contributed by atoms with Crippen LogP contribution in [0.4, 0.5) is 0 Å². The predicted octanol–water partition coefficient (Wildman–Crippen LogP) is 4.24. The normalized spacial score (nSPS) is 16.4. The van der Waals surface area contributed by atoms with Gasteiger partial charge in [-0.15, -0.1) is 0 Å². The summed E-state index contributed by atoms with van der Waals surface area (Å²) in [5.74, 6) is -0.280. The molecule has 5 nitrogen and oxygen atoms in total. The summed E-state index contributed by atoms with van der Waals surface area (Å²) in [6.07, 6.45) is 0. The number of β-amino-alcohol motifs (C(OH)–C–C–N with tert-alkyl or cyclic N) is 1. The fourth-order valence-corrected chi connectivity index (χ4v) is 4.36. The van der Waals surface area contributed by atoms with Crippen LogP contribution in [-0.2, 0) is 5.41 Å². The summed E-state index contributed by atoms with van der Waals surface area (Å²) >= 11 is 0. The van der Waals surface area contributed by atoms with Crippen molar-refractivity contribution < 1.29 is 14.3 Å². The fraction of sp³-hybridized carbons (Fsp3) is 0.360. The van der Waals surface area contributed by atoms with E-state index in [1.54, 1.807) is 6.07 Å². The van der Waals surface area contributed by atoms with Crippen LogP contribution < -0.4 is 5.43 Å². The highest BCUT2D eigenvalue weighted by atomic mass is 16.3. The molecule has 1 aliphatic rings. The zero-order valence-electron chi connectivity index (χ0n) is 18.1. The first-order valence-corrected chi connectivity index (χ1v) is 10.2. The molecule has 0 saturated carbocycles. The van der Waals surface area contributed by atoms with E-state index in [1.807, 2.05) is 44.2 Å². The highest BCUT2D eigenvalue weighted by molar-refractivity contribution is 5.99. The molecule has 4 rings (SSSR count). The number of nitrogens with zero attached hydrogens (tertiary/aromatic N) is 1. The zero-order chi connectivity index (χ0) is 21.8. The number of aliphatic hydroxyl groups is 1. The van der Waals surface area contributed by atoms with E-state index in [4.69, 9.17) is 4.42 Å². The highest BCUT2D eigenvalue weighted by Crippen LogP contribution is 2.39. The number of carbonyl (C=O) groups excluding carboxylic acids is 1. The third kappa shape index (κ3) is 3.14. The first-order chi connectivity index (χ1) is 14.1. The molecule has 0 saturated heterocycles. The minimum atomic E-state index is -0.574. The van der Waals surface area contributed by atoms with Crippen molar-refractivity contribution in [2.45, 2.75) is 46.1 Å². The molecule has 1 N–H and O–H groups in total. The van der Waals surface area contributed by atoms with E-state index in [0.29, 0.717) is 16.5 Å². The highest BCUT2D eigenvalue weighted by Gasteiger charge is 2.42. The zero-order valence-corrected chi connectivity index (χ0v) is 18.1. The molecule has 1 aromatic heterocycles. The summed E-state index contributed by atoms with van der Waals surface area (Å²) in [6.45, 7) is 10.2. The Hall–Kier alpha value is -2.92. The molecule has 2 heterocycles. The standard InChI is InChI=1S/C25H27NO4/c1-14-12-15(2)19-18(13-14)30-23-20(22(19)28)21(26(10-11-27)24(23)29)16-6-8-17(9-7-16)25(3,4)5/h6-9,12-13,21,27H,10-11H2,1-5H3. The van der Waals surface area contributed by atoms with Gasteiger partial charge in [0.25, 0.3) is 5.91 Å². The van der Waals surface area contributed by atoms with Gasteiger partial charge in [0.15, 0.2) is 5.43 Å². The molecular formula is C25H27NO4. The smallest absolute Gasteiger partial charge is 0.290 e. The maximum absolute atomic E-state index is 13.6. The number of aryl methyl sites for hydroxylation is 2. The maximum Gasteiger partial charge on any atom is 0.290 e. The van der Waals surface area contributed by atoms with Crippen LogP contribution in [0.5, 0.6) is 0 Å². The molecule has 2 aromatic carbocycles. The molecular weight excluding hydrogens is 378 g/mol. The van der Waals surface area contributed by atoms with Crippen LogP contribution in [-0.4, -0.2) is 29.1 Å². The van der Waals surface area contributed by atoms with Crippen LogP contribution in [0, 0.1) is 13.8 Å². The van der Waals surface area contributed by atoms with E-state index < -0.39 is 6.04 Å². The summed E-state index contributed by atoms with van der Waals surface area (Å²) in [5, 5.41) is 10.1. The fourth-order valence-electron chi connectivity index (χ4n) is 4.36. The first-order valence-electron chi connectivity index (χ1n) is 10.2. The van der Waals surface area contributed by atoms with Crippen LogP contribution in [0.3, 0.4) is 0 Å². The second-order valence-electron chi connectivity index (χ2n) is 9.13. The van der Waals surface area contributed by atoms with Gasteiger partial charge in [-0.25, -0.2) is 0 Å². The Balaban J connectivity index is 1.96. The summed E-state index contributed by atoms with van der Waals surface area (Å²) < 4.78 is 5.99. The first kappa shape index (κ1) is 20.4. The average molecular weight is 405 g/mol. The van der Waals surface area contributed by atoms with Gasteiger partial charge < -0.3 is 14.4 Å². The van der Waals surface area contributed by atoms with Crippen LogP contribution in [0.2, 0.25) is 0 Å². The van der Waals surface area contributed by atoms with Crippen molar-refractivity contribution in [2.24, 2.45) is 0 Å². The van der Waals surface area contributed by atoms with Crippen molar-refractivity contribution >= 4 is 16.9 Å². The van der Waals surface area contributed by atoms with Gasteiger partial charge in [-0.2, -0.15) is 0 Å². The van der Waals surface area contributed by atoms with Gasteiger partial charge in [0.1, 0.15) is 5.58 Å². The number of amides is 1. The van der Waals surface area contributed by atoms with Gasteiger partial charge in [-0.1, -0.05) is 51.1 Å². The topological polar surface area (TPSA) is 70.8 Å². The summed E-state index contributed by atoms with van der Waals surface area (Å²) in [5.41, 5.74) is 4.40. The van der Waals surface area contributed by atoms with Gasteiger partial charge >= 0.3 is 0 Å². The third-order valence-electron chi connectivity index (χ3n) is 5.85. The Morgan fingerprint density at radius 1 is 1.07 bits per heavy atom. The van der Waals surface area contributed by atoms with Crippen LogP contribution in [0.15, 0.2) is 45.6 Å². The van der Waals surface area contributed by atoms with Gasteiger partial charge in [0.2, 0.25) is 5.76 Å². The van der Waals surface area contributed by atoms with Gasteiger partial charge in [0.05, 0.1) is 23.6 Å². The molecule has 1 amide bonds. The van der Waals surface area contributed by atoms with Crippen LogP contribution >= 0.6 is 0 Å². The monoisotopic (exact) mass is 405 g/mol. The minimum absolute atomic E-state index is 0.00306. The van der Waals surface area contributed by atoms with Crippen molar-refractivity contribution in [1.82, 2.24) is 4.90 Å². The molecule has 0 bridgehead atoms.